The van der Waals surface area contributed by atoms with Crippen LogP contribution in [0.4, 0.5) is 0 Å². The van der Waals surface area contributed by atoms with Crippen molar-refractivity contribution >= 4 is 45.2 Å². The maximum Gasteiger partial charge on any atom is 0.328 e. The smallest absolute Gasteiger partial charge is 0.328 e. The minimum atomic E-state index is -1.12. The Balaban J connectivity index is 1.89. The number of carbonyl (C=O) groups is 2. The quantitative estimate of drug-likeness (QED) is 0.752. The van der Waals surface area contributed by atoms with Crippen LogP contribution < -0.4 is 5.32 Å². The Kier molecular flexibility index (Phi) is 5.54. The van der Waals surface area contributed by atoms with Crippen molar-refractivity contribution in [2.75, 3.05) is 19.5 Å². The van der Waals surface area contributed by atoms with E-state index in [2.05, 4.69) is 10.3 Å². The summed E-state index contributed by atoms with van der Waals surface area (Å²) in [7, 11) is 1.39. The van der Waals surface area contributed by atoms with Gasteiger partial charge in [0, 0.05) is 7.11 Å². The molecule has 2 rings (SSSR count). The number of para-hydroxylation sites is 1. The molecule has 0 radical (unpaired) electrons. The summed E-state index contributed by atoms with van der Waals surface area (Å²) in [5, 5.41) is 11.3. The van der Waals surface area contributed by atoms with Crippen molar-refractivity contribution in [3.63, 3.8) is 0 Å². The standard InChI is InChI=1S/C13H14N2O4S2/c1-19-6-9(12(17)18)14-11(16)7-20-13-15-8-4-2-3-5-10(8)21-13/h2-5,9H,6-7H2,1H3,(H,14,16)(H,17,18). The molecule has 0 aliphatic rings. The number of carbonyl (C=O) groups excluding carboxylic acids is 1. The first kappa shape index (κ1) is 15.7. The molecule has 1 aromatic heterocycles. The number of methoxy groups -OCH3 is 1. The zero-order chi connectivity index (χ0) is 15.2. The average molecular weight is 326 g/mol. The Morgan fingerprint density at radius 3 is 2.90 bits per heavy atom. The number of ether oxygens (including phenoxy) is 1. The van der Waals surface area contributed by atoms with Gasteiger partial charge in [-0.3, -0.25) is 4.79 Å². The number of nitrogens with zero attached hydrogens (tertiary/aromatic N) is 1. The molecule has 1 unspecified atom stereocenters. The van der Waals surface area contributed by atoms with Crippen molar-refractivity contribution in [1.29, 1.82) is 0 Å². The first-order valence-electron chi connectivity index (χ1n) is 6.09. The van der Waals surface area contributed by atoms with Crippen molar-refractivity contribution < 1.29 is 19.4 Å². The van der Waals surface area contributed by atoms with E-state index < -0.39 is 12.0 Å². The first-order chi connectivity index (χ1) is 10.1. The molecule has 1 amide bonds. The van der Waals surface area contributed by atoms with Gasteiger partial charge in [0.25, 0.3) is 0 Å². The van der Waals surface area contributed by atoms with E-state index in [0.717, 1.165) is 14.6 Å². The van der Waals surface area contributed by atoms with Gasteiger partial charge in [-0.2, -0.15) is 0 Å². The Hall–Kier alpha value is -1.64. The molecule has 112 valence electrons. The van der Waals surface area contributed by atoms with Crippen molar-refractivity contribution in [3.05, 3.63) is 24.3 Å². The lowest BCUT2D eigenvalue weighted by Gasteiger charge is -2.12. The Morgan fingerprint density at radius 2 is 2.24 bits per heavy atom. The molecule has 8 heteroatoms. The highest BCUT2D eigenvalue weighted by Gasteiger charge is 2.19. The summed E-state index contributed by atoms with van der Waals surface area (Å²) < 4.78 is 6.60. The van der Waals surface area contributed by atoms with Crippen LogP contribution in [0.3, 0.4) is 0 Å². The lowest BCUT2D eigenvalue weighted by Crippen LogP contribution is -2.44. The third-order valence-corrected chi connectivity index (χ3v) is 4.75. The summed E-state index contributed by atoms with van der Waals surface area (Å²) in [6, 6.07) is 6.69. The molecule has 0 saturated heterocycles. The van der Waals surface area contributed by atoms with Crippen LogP contribution in [0.15, 0.2) is 28.6 Å². The minimum Gasteiger partial charge on any atom is -0.480 e. The van der Waals surface area contributed by atoms with Crippen LogP contribution in [0.5, 0.6) is 0 Å². The number of thioether (sulfide) groups is 1. The van der Waals surface area contributed by atoms with E-state index in [9.17, 15) is 9.59 Å². The molecular formula is C13H14N2O4S2. The van der Waals surface area contributed by atoms with Gasteiger partial charge in [-0.05, 0) is 12.1 Å². The highest BCUT2D eigenvalue weighted by Crippen LogP contribution is 2.28. The second-order valence-electron chi connectivity index (χ2n) is 4.15. The van der Waals surface area contributed by atoms with Crippen molar-refractivity contribution in [3.8, 4) is 0 Å². The van der Waals surface area contributed by atoms with Gasteiger partial charge in [0.2, 0.25) is 5.91 Å². The molecule has 0 saturated carbocycles. The lowest BCUT2D eigenvalue weighted by molar-refractivity contribution is -0.142. The van der Waals surface area contributed by atoms with Gasteiger partial charge in [0.05, 0.1) is 22.6 Å². The van der Waals surface area contributed by atoms with E-state index in [1.807, 2.05) is 24.3 Å². The monoisotopic (exact) mass is 326 g/mol. The Labute approximate surface area is 129 Å². The summed E-state index contributed by atoms with van der Waals surface area (Å²) in [5.74, 6) is -1.35. The molecule has 0 fully saturated rings. The van der Waals surface area contributed by atoms with E-state index in [0.29, 0.717) is 0 Å². The molecule has 21 heavy (non-hydrogen) atoms. The summed E-state index contributed by atoms with van der Waals surface area (Å²) in [6.45, 7) is -0.0626. The number of amides is 1. The third kappa shape index (κ3) is 4.42. The number of aromatic nitrogens is 1. The van der Waals surface area contributed by atoms with E-state index in [1.54, 1.807) is 0 Å². The molecule has 0 spiro atoms. The lowest BCUT2D eigenvalue weighted by atomic mass is 10.3. The number of nitrogens with one attached hydrogen (secondary N) is 1. The summed E-state index contributed by atoms with van der Waals surface area (Å²) >= 11 is 2.79. The first-order valence-corrected chi connectivity index (χ1v) is 7.90. The molecule has 0 aliphatic carbocycles. The van der Waals surface area contributed by atoms with E-state index in [-0.39, 0.29) is 18.3 Å². The van der Waals surface area contributed by atoms with Crippen LogP contribution in [0.2, 0.25) is 0 Å². The molecule has 6 nitrogen and oxygen atoms in total. The number of hydrogen-bond donors (Lipinski definition) is 2. The van der Waals surface area contributed by atoms with Gasteiger partial charge in [-0.1, -0.05) is 23.9 Å². The molecule has 0 bridgehead atoms. The van der Waals surface area contributed by atoms with Crippen LogP contribution in [0, 0.1) is 0 Å². The molecule has 2 N–H and O–H groups in total. The molecule has 0 aliphatic heterocycles. The largest absolute Gasteiger partial charge is 0.480 e. The third-order valence-electron chi connectivity index (χ3n) is 2.57. The fourth-order valence-corrected chi connectivity index (χ4v) is 3.50. The van der Waals surface area contributed by atoms with Gasteiger partial charge in [0.1, 0.15) is 0 Å². The minimum absolute atomic E-state index is 0.0626. The Morgan fingerprint density at radius 1 is 1.48 bits per heavy atom. The molecule has 1 heterocycles. The predicted octanol–water partition coefficient (Wildman–Crippen LogP) is 1.60. The van der Waals surface area contributed by atoms with Gasteiger partial charge < -0.3 is 15.2 Å². The predicted molar refractivity (Wildman–Crippen MR) is 81.8 cm³/mol. The SMILES string of the molecule is COCC(NC(=O)CSc1nc2ccccc2s1)C(=O)O. The van der Waals surface area contributed by atoms with Crippen LogP contribution >= 0.6 is 23.1 Å². The second-order valence-corrected chi connectivity index (χ2v) is 6.40. The van der Waals surface area contributed by atoms with Crippen molar-refractivity contribution in [2.45, 2.75) is 10.4 Å². The van der Waals surface area contributed by atoms with E-state index in [4.69, 9.17) is 9.84 Å². The van der Waals surface area contributed by atoms with Crippen LogP contribution in [0.1, 0.15) is 0 Å². The number of thiazole rings is 1. The maximum atomic E-state index is 11.7. The van der Waals surface area contributed by atoms with Gasteiger partial charge in [-0.25, -0.2) is 9.78 Å². The van der Waals surface area contributed by atoms with Gasteiger partial charge in [0.15, 0.2) is 10.4 Å². The number of carboxylic acids is 1. The summed E-state index contributed by atoms with van der Waals surface area (Å²) in [4.78, 5) is 27.0. The van der Waals surface area contributed by atoms with Gasteiger partial charge >= 0.3 is 5.97 Å². The van der Waals surface area contributed by atoms with Crippen LogP contribution in [-0.4, -0.2) is 47.5 Å². The molecule has 1 aromatic carbocycles. The summed E-state index contributed by atoms with van der Waals surface area (Å²) in [5.41, 5.74) is 0.896. The van der Waals surface area contributed by atoms with E-state index >= 15 is 0 Å². The van der Waals surface area contributed by atoms with E-state index in [1.165, 1.54) is 30.2 Å². The van der Waals surface area contributed by atoms with Crippen LogP contribution in [-0.2, 0) is 14.3 Å². The van der Waals surface area contributed by atoms with Crippen molar-refractivity contribution in [2.24, 2.45) is 0 Å². The number of fused-ring (bicyclic) bond motifs is 1. The Bertz CT molecular complexity index is 611. The number of benzene rings is 1. The zero-order valence-electron chi connectivity index (χ0n) is 11.2. The van der Waals surface area contributed by atoms with Crippen LogP contribution in [0.25, 0.3) is 10.2 Å². The maximum absolute atomic E-state index is 11.7. The van der Waals surface area contributed by atoms with Crippen molar-refractivity contribution in [1.82, 2.24) is 10.3 Å². The fourth-order valence-electron chi connectivity index (χ4n) is 1.62. The molecular weight excluding hydrogens is 312 g/mol. The highest BCUT2D eigenvalue weighted by atomic mass is 32.2. The topological polar surface area (TPSA) is 88.5 Å². The average Bonchev–Trinajstić information content (AvgIpc) is 2.87. The summed E-state index contributed by atoms with van der Waals surface area (Å²) in [6.07, 6.45) is 0. The number of aliphatic carboxylic acids is 1. The number of carboxylic acid groups (broad SMARTS) is 1. The van der Waals surface area contributed by atoms with Gasteiger partial charge in [-0.15, -0.1) is 11.3 Å². The normalized spacial score (nSPS) is 12.2. The number of hydrogen-bond acceptors (Lipinski definition) is 6. The number of rotatable bonds is 7. The zero-order valence-corrected chi connectivity index (χ0v) is 12.9. The fraction of sp³-hybridized carbons (Fsp3) is 0.308. The highest BCUT2D eigenvalue weighted by molar-refractivity contribution is 8.01. The molecule has 1 atom stereocenters. The molecule has 2 aromatic rings. The second kappa shape index (κ2) is 7.39.